The summed E-state index contributed by atoms with van der Waals surface area (Å²) < 4.78 is 0. The minimum absolute atomic E-state index is 0.122. The number of carbonyl (C=O) groups is 1. The van der Waals surface area contributed by atoms with Crippen LogP contribution in [-0.2, 0) is 4.79 Å². The van der Waals surface area contributed by atoms with Crippen LogP contribution in [0.15, 0.2) is 11.1 Å². The molecule has 116 valence electrons. The molecule has 0 aromatic rings. The molecule has 21 heavy (non-hydrogen) atoms. The van der Waals surface area contributed by atoms with Crippen LogP contribution in [0.1, 0.15) is 71.6 Å². The van der Waals surface area contributed by atoms with E-state index >= 15 is 0 Å². The average Bonchev–Trinajstić information content (AvgIpc) is 2.69. The first-order chi connectivity index (χ1) is 9.92. The fourth-order valence-electron chi connectivity index (χ4n) is 6.29. The Bertz CT molecular complexity index is 516. The zero-order chi connectivity index (χ0) is 14.8. The predicted octanol–water partition coefficient (Wildman–Crippen LogP) is 4.02. The van der Waals surface area contributed by atoms with Crippen LogP contribution in [0, 0.1) is 23.2 Å². The number of hydrogen-bond acceptors (Lipinski definition) is 2. The molecule has 4 rings (SSSR count). The normalized spacial score (nSPS) is 49.7. The van der Waals surface area contributed by atoms with Gasteiger partial charge in [0.15, 0.2) is 0 Å². The third-order valence-electron chi connectivity index (χ3n) is 7.76. The Hall–Kier alpha value is -0.630. The van der Waals surface area contributed by atoms with E-state index in [1.54, 1.807) is 5.57 Å². The molecule has 2 heteroatoms. The topological polar surface area (TPSA) is 37.3 Å². The van der Waals surface area contributed by atoms with Gasteiger partial charge in [0.25, 0.3) is 0 Å². The molecule has 4 aliphatic carbocycles. The van der Waals surface area contributed by atoms with Gasteiger partial charge in [-0.1, -0.05) is 18.1 Å². The van der Waals surface area contributed by atoms with Crippen LogP contribution in [0.5, 0.6) is 0 Å². The summed E-state index contributed by atoms with van der Waals surface area (Å²) in [5, 5.41) is 10.8. The highest BCUT2D eigenvalue weighted by Gasteiger charge is 2.59. The van der Waals surface area contributed by atoms with Crippen molar-refractivity contribution < 1.29 is 9.90 Å². The largest absolute Gasteiger partial charge is 0.390 e. The van der Waals surface area contributed by atoms with Gasteiger partial charge in [-0.15, -0.1) is 0 Å². The van der Waals surface area contributed by atoms with Crippen molar-refractivity contribution in [3.05, 3.63) is 11.1 Å². The molecule has 0 aromatic heterocycles. The first kappa shape index (κ1) is 14.0. The van der Waals surface area contributed by atoms with Gasteiger partial charge in [0, 0.05) is 12.8 Å². The molecule has 5 atom stereocenters. The van der Waals surface area contributed by atoms with Gasteiger partial charge in [-0.25, -0.2) is 0 Å². The minimum atomic E-state index is -0.472. The van der Waals surface area contributed by atoms with Crippen molar-refractivity contribution >= 4 is 5.78 Å². The second kappa shape index (κ2) is 4.44. The van der Waals surface area contributed by atoms with Crippen molar-refractivity contribution in [1.82, 2.24) is 0 Å². The number of ketones is 1. The van der Waals surface area contributed by atoms with Crippen molar-refractivity contribution in [2.45, 2.75) is 77.2 Å². The maximum absolute atomic E-state index is 11.7. The van der Waals surface area contributed by atoms with Gasteiger partial charge in [-0.2, -0.15) is 0 Å². The lowest BCUT2D eigenvalue weighted by atomic mass is 9.52. The van der Waals surface area contributed by atoms with Crippen LogP contribution < -0.4 is 0 Å². The second-order valence-electron chi connectivity index (χ2n) is 8.53. The SMILES string of the molecule is CC1(O)CC[C@@H]2[C@@H]3CCC4=C(CCC(=O)C4)[C@H]3CC[C@@]21C. The lowest BCUT2D eigenvalue weighted by Crippen LogP contribution is -2.50. The zero-order valence-electron chi connectivity index (χ0n) is 13.5. The lowest BCUT2D eigenvalue weighted by molar-refractivity contribution is -0.119. The fourth-order valence-corrected chi connectivity index (χ4v) is 6.29. The van der Waals surface area contributed by atoms with E-state index in [0.717, 1.165) is 50.4 Å². The highest BCUT2D eigenvalue weighted by molar-refractivity contribution is 5.82. The van der Waals surface area contributed by atoms with Gasteiger partial charge in [-0.05, 0) is 75.0 Å². The number of allylic oxidation sites excluding steroid dienone is 2. The van der Waals surface area contributed by atoms with Crippen LogP contribution >= 0.6 is 0 Å². The van der Waals surface area contributed by atoms with Crippen molar-refractivity contribution in [3.63, 3.8) is 0 Å². The Labute approximate surface area is 128 Å². The molecule has 0 radical (unpaired) electrons. The summed E-state index contributed by atoms with van der Waals surface area (Å²) in [6, 6.07) is 0. The third kappa shape index (κ3) is 1.84. The first-order valence-corrected chi connectivity index (χ1v) is 8.87. The van der Waals surface area contributed by atoms with Crippen LogP contribution in [0.2, 0.25) is 0 Å². The fraction of sp³-hybridized carbons (Fsp3) is 0.842. The maximum atomic E-state index is 11.7. The summed E-state index contributed by atoms with van der Waals surface area (Å²) in [7, 11) is 0. The highest BCUT2D eigenvalue weighted by Crippen LogP contribution is 2.64. The van der Waals surface area contributed by atoms with Gasteiger partial charge in [0.1, 0.15) is 5.78 Å². The summed E-state index contributed by atoms with van der Waals surface area (Å²) in [6.45, 7) is 4.41. The third-order valence-corrected chi connectivity index (χ3v) is 7.76. The predicted molar refractivity (Wildman–Crippen MR) is 82.8 cm³/mol. The van der Waals surface area contributed by atoms with E-state index in [1.165, 1.54) is 24.8 Å². The van der Waals surface area contributed by atoms with E-state index in [2.05, 4.69) is 13.8 Å². The number of rotatable bonds is 0. The maximum Gasteiger partial charge on any atom is 0.137 e. The zero-order valence-corrected chi connectivity index (χ0v) is 13.5. The summed E-state index contributed by atoms with van der Waals surface area (Å²) in [5.41, 5.74) is 2.82. The molecular formula is C19H28O2. The number of hydrogen-bond donors (Lipinski definition) is 1. The van der Waals surface area contributed by atoms with Gasteiger partial charge >= 0.3 is 0 Å². The molecule has 0 amide bonds. The Morgan fingerprint density at radius 3 is 2.67 bits per heavy atom. The van der Waals surface area contributed by atoms with Crippen molar-refractivity contribution in [2.75, 3.05) is 0 Å². The molecule has 1 unspecified atom stereocenters. The van der Waals surface area contributed by atoms with Crippen molar-refractivity contribution in [3.8, 4) is 0 Å². The molecule has 2 fully saturated rings. The molecule has 0 aromatic carbocycles. The highest BCUT2D eigenvalue weighted by atomic mass is 16.3. The Kier molecular flexibility index (Phi) is 2.96. The lowest BCUT2D eigenvalue weighted by Gasteiger charge is -2.53. The van der Waals surface area contributed by atoms with E-state index in [4.69, 9.17) is 0 Å². The van der Waals surface area contributed by atoms with Crippen LogP contribution in [0.25, 0.3) is 0 Å². The number of aliphatic hydroxyl groups is 1. The smallest absolute Gasteiger partial charge is 0.137 e. The average molecular weight is 288 g/mol. The van der Waals surface area contributed by atoms with E-state index in [0.29, 0.717) is 11.7 Å². The molecule has 1 N–H and O–H groups in total. The first-order valence-electron chi connectivity index (χ1n) is 8.87. The van der Waals surface area contributed by atoms with Crippen molar-refractivity contribution in [1.29, 1.82) is 0 Å². The standard InChI is InChI=1S/C19H28O2/c1-18-9-7-15-14-6-4-13(20)11-12(14)3-5-16(15)17(18)8-10-19(18,2)21/h15-17,21H,3-11H2,1-2H3/t15-,16-,17-,18+,19?/m1/s1. The molecular weight excluding hydrogens is 260 g/mol. The molecule has 4 aliphatic rings. The minimum Gasteiger partial charge on any atom is -0.390 e. The quantitative estimate of drug-likeness (QED) is 0.683. The number of Topliss-reactive ketones (excluding diaryl/α,β-unsaturated/α-hetero) is 1. The molecule has 0 bridgehead atoms. The van der Waals surface area contributed by atoms with Crippen LogP contribution in [0.3, 0.4) is 0 Å². The summed E-state index contributed by atoms with van der Waals surface area (Å²) in [6.07, 6.45) is 9.55. The number of fused-ring (bicyclic) bond motifs is 4. The molecule has 0 saturated heterocycles. The van der Waals surface area contributed by atoms with Crippen molar-refractivity contribution in [2.24, 2.45) is 23.2 Å². The van der Waals surface area contributed by atoms with E-state index in [1.807, 2.05) is 0 Å². The molecule has 0 heterocycles. The molecule has 0 spiro atoms. The van der Waals surface area contributed by atoms with Crippen LogP contribution in [-0.4, -0.2) is 16.5 Å². The Morgan fingerprint density at radius 1 is 1.05 bits per heavy atom. The second-order valence-corrected chi connectivity index (χ2v) is 8.53. The van der Waals surface area contributed by atoms with E-state index in [9.17, 15) is 9.90 Å². The molecule has 0 aliphatic heterocycles. The summed E-state index contributed by atoms with van der Waals surface area (Å²) >= 11 is 0. The summed E-state index contributed by atoms with van der Waals surface area (Å²) in [4.78, 5) is 11.7. The molecule has 2 saturated carbocycles. The van der Waals surface area contributed by atoms with Gasteiger partial charge in [-0.3, -0.25) is 4.79 Å². The van der Waals surface area contributed by atoms with E-state index in [-0.39, 0.29) is 5.41 Å². The van der Waals surface area contributed by atoms with Gasteiger partial charge < -0.3 is 5.11 Å². The Morgan fingerprint density at radius 2 is 1.86 bits per heavy atom. The van der Waals surface area contributed by atoms with Crippen LogP contribution in [0.4, 0.5) is 0 Å². The number of carbonyl (C=O) groups excluding carboxylic acids is 1. The monoisotopic (exact) mass is 288 g/mol. The Balaban J connectivity index is 1.66. The van der Waals surface area contributed by atoms with Gasteiger partial charge in [0.05, 0.1) is 5.60 Å². The molecule has 2 nitrogen and oxygen atoms in total. The van der Waals surface area contributed by atoms with Gasteiger partial charge in [0.2, 0.25) is 0 Å². The summed E-state index contributed by atoms with van der Waals surface area (Å²) in [5.74, 6) is 2.65. The van der Waals surface area contributed by atoms with E-state index < -0.39 is 5.60 Å².